The molecule has 0 saturated carbocycles. The number of benzene rings is 1. The van der Waals surface area contributed by atoms with Crippen LogP contribution in [0.1, 0.15) is 11.1 Å². The predicted molar refractivity (Wildman–Crippen MR) is 61.1 cm³/mol. The fourth-order valence-electron chi connectivity index (χ4n) is 2.55. The average molecular weight is 256 g/mol. The summed E-state index contributed by atoms with van der Waals surface area (Å²) >= 11 is 0. The lowest BCUT2D eigenvalue weighted by Crippen LogP contribution is -2.53. The molecule has 0 radical (unpaired) electrons. The van der Waals surface area contributed by atoms with Crippen LogP contribution in [0.3, 0.4) is 0 Å². The minimum atomic E-state index is 0. The molecular formula is C11H14BrNO. The van der Waals surface area contributed by atoms with Crippen LogP contribution in [0.25, 0.3) is 0 Å². The van der Waals surface area contributed by atoms with Crippen LogP contribution in [-0.4, -0.2) is 18.2 Å². The zero-order chi connectivity index (χ0) is 8.89. The molecule has 1 saturated heterocycles. The molecule has 3 rings (SSSR count). The first kappa shape index (κ1) is 9.99. The van der Waals surface area contributed by atoms with E-state index in [0.29, 0.717) is 11.2 Å². The minimum Gasteiger partial charge on any atom is -0.508 e. The summed E-state index contributed by atoms with van der Waals surface area (Å²) in [6.45, 7) is 2.28. The van der Waals surface area contributed by atoms with Crippen molar-refractivity contribution in [3.8, 4) is 5.75 Å². The van der Waals surface area contributed by atoms with Gasteiger partial charge in [-0.1, -0.05) is 6.07 Å². The molecule has 2 nitrogen and oxygen atoms in total. The lowest BCUT2D eigenvalue weighted by Gasteiger charge is -2.39. The molecule has 1 aliphatic heterocycles. The Morgan fingerprint density at radius 3 is 2.50 bits per heavy atom. The van der Waals surface area contributed by atoms with Crippen LogP contribution in [0.4, 0.5) is 0 Å². The fourth-order valence-corrected chi connectivity index (χ4v) is 2.55. The number of hydrogen-bond donors (Lipinski definition) is 2. The lowest BCUT2D eigenvalue weighted by atomic mass is 9.79. The Hall–Kier alpha value is -0.540. The van der Waals surface area contributed by atoms with Crippen molar-refractivity contribution in [3.63, 3.8) is 0 Å². The summed E-state index contributed by atoms with van der Waals surface area (Å²) < 4.78 is 0. The van der Waals surface area contributed by atoms with Gasteiger partial charge in [0.25, 0.3) is 0 Å². The molecule has 76 valence electrons. The summed E-state index contributed by atoms with van der Waals surface area (Å²) in [4.78, 5) is 0. The van der Waals surface area contributed by atoms with E-state index < -0.39 is 0 Å². The molecule has 2 aliphatic rings. The van der Waals surface area contributed by atoms with E-state index in [1.165, 1.54) is 17.5 Å². The van der Waals surface area contributed by atoms with Crippen LogP contribution >= 0.6 is 17.0 Å². The smallest absolute Gasteiger partial charge is 0.115 e. The van der Waals surface area contributed by atoms with Crippen LogP contribution in [0.2, 0.25) is 0 Å². The first-order chi connectivity index (χ1) is 6.27. The highest BCUT2D eigenvalue weighted by molar-refractivity contribution is 8.93. The van der Waals surface area contributed by atoms with Gasteiger partial charge in [-0.05, 0) is 36.1 Å². The van der Waals surface area contributed by atoms with Crippen molar-refractivity contribution in [2.24, 2.45) is 5.41 Å². The summed E-state index contributed by atoms with van der Waals surface area (Å²) in [6, 6.07) is 5.78. The molecule has 0 unspecified atom stereocenters. The summed E-state index contributed by atoms with van der Waals surface area (Å²) in [5.41, 5.74) is 3.27. The molecule has 1 aromatic carbocycles. The maximum absolute atomic E-state index is 9.34. The van der Waals surface area contributed by atoms with Crippen LogP contribution in [0.5, 0.6) is 5.75 Å². The highest BCUT2D eigenvalue weighted by Gasteiger charge is 2.41. The van der Waals surface area contributed by atoms with Crippen molar-refractivity contribution < 1.29 is 5.11 Å². The van der Waals surface area contributed by atoms with Crippen molar-refractivity contribution in [2.45, 2.75) is 12.8 Å². The van der Waals surface area contributed by atoms with Gasteiger partial charge in [-0.25, -0.2) is 0 Å². The van der Waals surface area contributed by atoms with Gasteiger partial charge < -0.3 is 10.4 Å². The summed E-state index contributed by atoms with van der Waals surface area (Å²) in [5.74, 6) is 0.406. The number of hydrogen-bond acceptors (Lipinski definition) is 2. The third kappa shape index (κ3) is 1.35. The molecule has 1 fully saturated rings. The monoisotopic (exact) mass is 255 g/mol. The molecule has 1 spiro atoms. The Morgan fingerprint density at radius 1 is 1.14 bits per heavy atom. The maximum atomic E-state index is 9.34. The number of phenols is 1. The second-order valence-electron chi connectivity index (χ2n) is 4.41. The van der Waals surface area contributed by atoms with Crippen molar-refractivity contribution in [1.29, 1.82) is 0 Å². The number of rotatable bonds is 0. The van der Waals surface area contributed by atoms with Gasteiger partial charge in [0.15, 0.2) is 0 Å². The van der Waals surface area contributed by atoms with Crippen molar-refractivity contribution in [3.05, 3.63) is 29.3 Å². The average Bonchev–Trinajstić information content (AvgIpc) is 2.41. The second kappa shape index (κ2) is 3.24. The standard InChI is InChI=1S/C11H13NO.BrH/c13-10-2-1-8-4-11(6-12-7-11)5-9(8)3-10;/h1-3,12-13H,4-7H2;1H. The van der Waals surface area contributed by atoms with Gasteiger partial charge in [0.05, 0.1) is 0 Å². The Morgan fingerprint density at radius 2 is 1.86 bits per heavy atom. The van der Waals surface area contributed by atoms with Gasteiger partial charge in [0, 0.05) is 18.5 Å². The lowest BCUT2D eigenvalue weighted by molar-refractivity contribution is 0.183. The van der Waals surface area contributed by atoms with E-state index in [9.17, 15) is 5.11 Å². The zero-order valence-electron chi connectivity index (χ0n) is 7.92. The van der Waals surface area contributed by atoms with Crippen LogP contribution in [0, 0.1) is 5.41 Å². The third-order valence-corrected chi connectivity index (χ3v) is 3.32. The van der Waals surface area contributed by atoms with Crippen LogP contribution < -0.4 is 5.32 Å². The number of nitrogens with one attached hydrogen (secondary N) is 1. The molecule has 0 amide bonds. The fraction of sp³-hybridized carbons (Fsp3) is 0.455. The molecule has 0 bridgehead atoms. The van der Waals surface area contributed by atoms with Gasteiger partial charge in [-0.15, -0.1) is 17.0 Å². The molecule has 1 heterocycles. The maximum Gasteiger partial charge on any atom is 0.115 e. The normalized spacial score (nSPS) is 21.1. The molecule has 0 aromatic heterocycles. The topological polar surface area (TPSA) is 32.3 Å². The summed E-state index contributed by atoms with van der Waals surface area (Å²) in [7, 11) is 0. The Bertz CT molecular complexity index is 360. The molecule has 3 heteroatoms. The van der Waals surface area contributed by atoms with E-state index in [1.54, 1.807) is 6.07 Å². The van der Waals surface area contributed by atoms with Crippen molar-refractivity contribution >= 4 is 17.0 Å². The number of phenolic OH excluding ortho intramolecular Hbond substituents is 1. The molecule has 14 heavy (non-hydrogen) atoms. The number of fused-ring (bicyclic) bond motifs is 1. The third-order valence-electron chi connectivity index (χ3n) is 3.32. The molecular weight excluding hydrogens is 242 g/mol. The van der Waals surface area contributed by atoms with Crippen molar-refractivity contribution in [1.82, 2.24) is 5.32 Å². The first-order valence-electron chi connectivity index (χ1n) is 4.79. The number of aromatic hydroxyl groups is 1. The Labute approximate surface area is 94.1 Å². The van der Waals surface area contributed by atoms with Crippen molar-refractivity contribution in [2.75, 3.05) is 13.1 Å². The SMILES string of the molecule is Br.Oc1ccc2c(c1)CC1(CNC1)C2. The molecule has 1 aliphatic carbocycles. The second-order valence-corrected chi connectivity index (χ2v) is 4.41. The van der Waals surface area contributed by atoms with Gasteiger partial charge in [-0.3, -0.25) is 0 Å². The van der Waals surface area contributed by atoms with Gasteiger partial charge in [0.2, 0.25) is 0 Å². The highest BCUT2D eigenvalue weighted by Crippen LogP contribution is 2.40. The number of halogens is 1. The van der Waals surface area contributed by atoms with E-state index in [4.69, 9.17) is 0 Å². The van der Waals surface area contributed by atoms with Gasteiger partial charge in [0.1, 0.15) is 5.75 Å². The first-order valence-corrected chi connectivity index (χ1v) is 4.79. The molecule has 2 N–H and O–H groups in total. The quantitative estimate of drug-likeness (QED) is 0.740. The molecule has 0 atom stereocenters. The van der Waals surface area contributed by atoms with Gasteiger partial charge >= 0.3 is 0 Å². The van der Waals surface area contributed by atoms with E-state index in [2.05, 4.69) is 11.4 Å². The van der Waals surface area contributed by atoms with Crippen LogP contribution in [0.15, 0.2) is 18.2 Å². The Kier molecular flexibility index (Phi) is 2.32. The summed E-state index contributed by atoms with van der Waals surface area (Å²) in [5, 5.41) is 12.7. The Balaban J connectivity index is 0.000000750. The van der Waals surface area contributed by atoms with Crippen LogP contribution in [-0.2, 0) is 12.8 Å². The van der Waals surface area contributed by atoms with E-state index >= 15 is 0 Å². The summed E-state index contributed by atoms with van der Waals surface area (Å²) in [6.07, 6.45) is 2.33. The largest absolute Gasteiger partial charge is 0.508 e. The minimum absolute atomic E-state index is 0. The van der Waals surface area contributed by atoms with E-state index in [1.807, 2.05) is 6.07 Å². The molecule has 1 aromatic rings. The van der Waals surface area contributed by atoms with Gasteiger partial charge in [-0.2, -0.15) is 0 Å². The highest BCUT2D eigenvalue weighted by atomic mass is 79.9. The zero-order valence-corrected chi connectivity index (χ0v) is 9.63. The van der Waals surface area contributed by atoms with E-state index in [0.717, 1.165) is 19.5 Å². The predicted octanol–water partition coefficient (Wildman–Crippen LogP) is 1.66. The van der Waals surface area contributed by atoms with E-state index in [-0.39, 0.29) is 17.0 Å².